The van der Waals surface area contributed by atoms with Crippen LogP contribution in [0.4, 0.5) is 10.7 Å². The van der Waals surface area contributed by atoms with Gasteiger partial charge in [0.1, 0.15) is 5.00 Å². The van der Waals surface area contributed by atoms with Crippen molar-refractivity contribution in [3.63, 3.8) is 0 Å². The van der Waals surface area contributed by atoms with E-state index in [9.17, 15) is 9.59 Å². The molecule has 122 valence electrons. The lowest BCUT2D eigenvalue weighted by molar-refractivity contribution is -0.114. The summed E-state index contributed by atoms with van der Waals surface area (Å²) in [6, 6.07) is 11.4. The molecule has 1 amide bonds. The van der Waals surface area contributed by atoms with Crippen LogP contribution >= 0.6 is 11.3 Å². The number of anilines is 2. The molecule has 1 heterocycles. The van der Waals surface area contributed by atoms with Gasteiger partial charge in [0, 0.05) is 12.2 Å². The van der Waals surface area contributed by atoms with Gasteiger partial charge < -0.3 is 15.0 Å². The van der Waals surface area contributed by atoms with Gasteiger partial charge in [-0.3, -0.25) is 4.79 Å². The van der Waals surface area contributed by atoms with Crippen molar-refractivity contribution in [3.8, 4) is 0 Å². The summed E-state index contributed by atoms with van der Waals surface area (Å²) in [7, 11) is 0. The van der Waals surface area contributed by atoms with E-state index < -0.39 is 5.97 Å². The van der Waals surface area contributed by atoms with E-state index in [2.05, 4.69) is 5.32 Å². The normalized spacial score (nSPS) is 10.2. The Morgan fingerprint density at radius 3 is 2.57 bits per heavy atom. The predicted octanol–water partition coefficient (Wildman–Crippen LogP) is 3.39. The first-order chi connectivity index (χ1) is 11.2. The molecule has 23 heavy (non-hydrogen) atoms. The van der Waals surface area contributed by atoms with E-state index in [0.717, 1.165) is 5.69 Å². The number of nitrogens with zero attached hydrogens (tertiary/aromatic N) is 1. The molecule has 0 radical (unpaired) electrons. The minimum Gasteiger partial charge on any atom is -0.462 e. The molecule has 0 saturated carbocycles. The molecule has 2 aromatic rings. The van der Waals surface area contributed by atoms with Gasteiger partial charge in [0.05, 0.1) is 18.7 Å². The molecule has 0 atom stereocenters. The number of thiophene rings is 1. The van der Waals surface area contributed by atoms with Crippen molar-refractivity contribution in [1.29, 1.82) is 0 Å². The first-order valence-electron chi connectivity index (χ1n) is 7.50. The quantitative estimate of drug-likeness (QED) is 0.790. The molecule has 1 N–H and O–H groups in total. The van der Waals surface area contributed by atoms with E-state index in [4.69, 9.17) is 4.74 Å². The van der Waals surface area contributed by atoms with Crippen LogP contribution in [0.2, 0.25) is 0 Å². The van der Waals surface area contributed by atoms with Gasteiger partial charge >= 0.3 is 5.97 Å². The number of benzene rings is 1. The average molecular weight is 332 g/mol. The Balaban J connectivity index is 2.02. The van der Waals surface area contributed by atoms with Gasteiger partial charge in [-0.05, 0) is 37.4 Å². The molecule has 0 aliphatic rings. The molecule has 0 aliphatic heterocycles. The van der Waals surface area contributed by atoms with Crippen molar-refractivity contribution < 1.29 is 14.3 Å². The van der Waals surface area contributed by atoms with E-state index in [1.807, 2.05) is 42.2 Å². The number of rotatable bonds is 7. The molecule has 1 aromatic heterocycles. The summed E-state index contributed by atoms with van der Waals surface area (Å²) >= 11 is 1.31. The molecule has 0 saturated heterocycles. The summed E-state index contributed by atoms with van der Waals surface area (Å²) in [4.78, 5) is 26.1. The van der Waals surface area contributed by atoms with Gasteiger partial charge in [0.15, 0.2) is 0 Å². The fourth-order valence-electron chi connectivity index (χ4n) is 2.14. The number of nitrogens with one attached hydrogen (secondary N) is 1. The number of para-hydroxylation sites is 1. The lowest BCUT2D eigenvalue weighted by Crippen LogP contribution is -2.33. The van der Waals surface area contributed by atoms with E-state index in [-0.39, 0.29) is 12.5 Å². The van der Waals surface area contributed by atoms with Gasteiger partial charge in [0.2, 0.25) is 5.91 Å². The first-order valence-corrected chi connectivity index (χ1v) is 8.38. The van der Waals surface area contributed by atoms with Crippen LogP contribution in [0.1, 0.15) is 24.2 Å². The number of carbonyl (C=O) groups excluding carboxylic acids is 2. The molecular formula is C17H20N2O3S. The van der Waals surface area contributed by atoms with Crippen LogP contribution in [0.5, 0.6) is 0 Å². The van der Waals surface area contributed by atoms with Gasteiger partial charge in [-0.2, -0.15) is 0 Å². The second-order valence-electron chi connectivity index (χ2n) is 4.78. The third kappa shape index (κ3) is 4.56. The van der Waals surface area contributed by atoms with Crippen molar-refractivity contribution in [3.05, 3.63) is 47.3 Å². The molecule has 6 heteroatoms. The zero-order chi connectivity index (χ0) is 16.7. The van der Waals surface area contributed by atoms with E-state index in [0.29, 0.717) is 23.7 Å². The van der Waals surface area contributed by atoms with Crippen LogP contribution in [0.15, 0.2) is 41.8 Å². The lowest BCUT2D eigenvalue weighted by Gasteiger charge is -2.22. The first kappa shape index (κ1) is 17.0. The average Bonchev–Trinajstić information content (AvgIpc) is 3.01. The second kappa shape index (κ2) is 8.33. The smallest absolute Gasteiger partial charge is 0.341 e. The van der Waals surface area contributed by atoms with Crippen molar-refractivity contribution in [2.75, 3.05) is 29.9 Å². The molecule has 2 rings (SSSR count). The van der Waals surface area contributed by atoms with Crippen molar-refractivity contribution in [2.45, 2.75) is 13.8 Å². The Morgan fingerprint density at radius 1 is 1.17 bits per heavy atom. The van der Waals surface area contributed by atoms with Gasteiger partial charge in [-0.15, -0.1) is 11.3 Å². The topological polar surface area (TPSA) is 58.6 Å². The Hall–Kier alpha value is -2.34. The Labute approximate surface area is 139 Å². The van der Waals surface area contributed by atoms with E-state index >= 15 is 0 Å². The highest BCUT2D eigenvalue weighted by Crippen LogP contribution is 2.24. The lowest BCUT2D eigenvalue weighted by atomic mass is 10.3. The fourth-order valence-corrected chi connectivity index (χ4v) is 2.93. The molecule has 0 spiro atoms. The van der Waals surface area contributed by atoms with Crippen LogP contribution < -0.4 is 10.2 Å². The summed E-state index contributed by atoms with van der Waals surface area (Å²) in [6.07, 6.45) is 0. The van der Waals surface area contributed by atoms with Crippen LogP contribution in [0, 0.1) is 0 Å². The van der Waals surface area contributed by atoms with Gasteiger partial charge in [0.25, 0.3) is 0 Å². The summed E-state index contributed by atoms with van der Waals surface area (Å²) in [6.45, 7) is 4.99. The van der Waals surface area contributed by atoms with E-state index in [1.54, 1.807) is 18.4 Å². The molecule has 0 unspecified atom stereocenters. The van der Waals surface area contributed by atoms with Crippen molar-refractivity contribution >= 4 is 33.9 Å². The molecule has 0 fully saturated rings. The highest BCUT2D eigenvalue weighted by atomic mass is 32.1. The minimum atomic E-state index is -0.417. The maximum absolute atomic E-state index is 12.3. The zero-order valence-electron chi connectivity index (χ0n) is 13.2. The summed E-state index contributed by atoms with van der Waals surface area (Å²) in [5.41, 5.74) is 1.38. The van der Waals surface area contributed by atoms with Crippen molar-refractivity contribution in [2.24, 2.45) is 0 Å². The largest absolute Gasteiger partial charge is 0.462 e. The predicted molar refractivity (Wildman–Crippen MR) is 93.2 cm³/mol. The monoisotopic (exact) mass is 332 g/mol. The third-order valence-electron chi connectivity index (χ3n) is 3.25. The molecule has 1 aromatic carbocycles. The SMILES string of the molecule is CCOC(=O)c1ccsc1NC(=O)CN(CC)c1ccccc1. The number of hydrogen-bond acceptors (Lipinski definition) is 5. The minimum absolute atomic E-state index is 0.163. The third-order valence-corrected chi connectivity index (χ3v) is 4.08. The fraction of sp³-hybridized carbons (Fsp3) is 0.294. The summed E-state index contributed by atoms with van der Waals surface area (Å²) < 4.78 is 4.99. The molecule has 0 bridgehead atoms. The summed E-state index contributed by atoms with van der Waals surface area (Å²) in [5.74, 6) is -0.580. The van der Waals surface area contributed by atoms with E-state index in [1.165, 1.54) is 11.3 Å². The number of carbonyl (C=O) groups is 2. The molecule has 5 nitrogen and oxygen atoms in total. The highest BCUT2D eigenvalue weighted by molar-refractivity contribution is 7.14. The van der Waals surface area contributed by atoms with Gasteiger partial charge in [-0.1, -0.05) is 18.2 Å². The molecule has 0 aliphatic carbocycles. The highest BCUT2D eigenvalue weighted by Gasteiger charge is 2.17. The van der Waals surface area contributed by atoms with Gasteiger partial charge in [-0.25, -0.2) is 4.79 Å². The maximum Gasteiger partial charge on any atom is 0.341 e. The number of likely N-dealkylation sites (N-methyl/N-ethyl adjacent to an activating group) is 1. The van der Waals surface area contributed by atoms with Crippen LogP contribution in [0.3, 0.4) is 0 Å². The Morgan fingerprint density at radius 2 is 1.91 bits per heavy atom. The number of amides is 1. The Kier molecular flexibility index (Phi) is 6.17. The number of ether oxygens (including phenoxy) is 1. The standard InChI is InChI=1S/C17H20N2O3S/c1-3-19(13-8-6-5-7-9-13)12-15(20)18-16-14(10-11-23-16)17(21)22-4-2/h5-11H,3-4,12H2,1-2H3,(H,18,20). The summed E-state index contributed by atoms with van der Waals surface area (Å²) in [5, 5.41) is 5.09. The van der Waals surface area contributed by atoms with Crippen molar-refractivity contribution in [1.82, 2.24) is 0 Å². The number of esters is 1. The van der Waals surface area contributed by atoms with Crippen LogP contribution in [-0.4, -0.2) is 31.6 Å². The molecular weight excluding hydrogens is 312 g/mol. The van der Waals surface area contributed by atoms with Crippen LogP contribution in [-0.2, 0) is 9.53 Å². The number of hydrogen-bond donors (Lipinski definition) is 1. The zero-order valence-corrected chi connectivity index (χ0v) is 14.1. The Bertz CT molecular complexity index is 655. The maximum atomic E-state index is 12.3. The van der Waals surface area contributed by atoms with Crippen LogP contribution in [0.25, 0.3) is 0 Å². The second-order valence-corrected chi connectivity index (χ2v) is 5.70.